The Balaban J connectivity index is 3.33. The number of hydrogen-bond donors (Lipinski definition) is 3. The van der Waals surface area contributed by atoms with Crippen molar-refractivity contribution in [2.45, 2.75) is 283 Å². The molecule has 0 aliphatic heterocycles. The largest absolute Gasteiger partial charge is 0.394 e. The first-order valence-electron chi connectivity index (χ1n) is 23.2. The third-order valence-corrected chi connectivity index (χ3v) is 11.1. The zero-order valence-corrected chi connectivity index (χ0v) is 34.4. The van der Waals surface area contributed by atoms with Crippen LogP contribution in [0.3, 0.4) is 0 Å². The van der Waals surface area contributed by atoms with Gasteiger partial charge in [0.25, 0.3) is 0 Å². The van der Waals surface area contributed by atoms with Crippen LogP contribution in [0.25, 0.3) is 0 Å². The summed E-state index contributed by atoms with van der Waals surface area (Å²) in [7, 11) is 0. The lowest BCUT2D eigenvalue weighted by Crippen LogP contribution is -2.45. The Morgan fingerprint density at radius 3 is 0.900 bits per heavy atom. The Bertz CT molecular complexity index is 641. The molecular weight excluding hydrogens is 615 g/mol. The van der Waals surface area contributed by atoms with Crippen LogP contribution in [0.5, 0.6) is 0 Å². The van der Waals surface area contributed by atoms with Gasteiger partial charge in [-0.2, -0.15) is 0 Å². The Hall–Kier alpha value is -0.610. The fourth-order valence-corrected chi connectivity index (χ4v) is 7.54. The molecule has 0 radical (unpaired) electrons. The average molecular weight is 708 g/mol. The number of unbranched alkanes of at least 4 members (excludes halogenated alkanes) is 36. The quantitative estimate of drug-likeness (QED) is 0.0553. The molecule has 50 heavy (non-hydrogen) atoms. The van der Waals surface area contributed by atoms with Gasteiger partial charge in [0.2, 0.25) is 5.91 Å². The number of nitrogens with one attached hydrogen (secondary N) is 1. The maximum absolute atomic E-state index is 12.3. The molecule has 0 fully saturated rings. The standard InChI is InChI=1S/C46H93NO3/c1-3-5-7-9-11-13-14-15-16-17-18-19-20-21-22-23-24-25-26-27-28-29-30-31-32-33-34-35-37-39-41-45(49)44(43-48)47-46(50)42-40-38-36-12-10-8-6-4-2/h44-45,48-49H,3-43H2,1-2H3,(H,47,50). The lowest BCUT2D eigenvalue weighted by molar-refractivity contribution is -0.123. The maximum atomic E-state index is 12.3. The van der Waals surface area contributed by atoms with E-state index in [1.807, 2.05) is 0 Å². The molecule has 4 nitrogen and oxygen atoms in total. The van der Waals surface area contributed by atoms with Crippen molar-refractivity contribution >= 4 is 5.91 Å². The van der Waals surface area contributed by atoms with Crippen LogP contribution in [0, 0.1) is 0 Å². The van der Waals surface area contributed by atoms with Crippen molar-refractivity contribution in [3.05, 3.63) is 0 Å². The molecule has 3 N–H and O–H groups in total. The molecule has 1 amide bonds. The molecule has 0 rings (SSSR count). The van der Waals surface area contributed by atoms with Gasteiger partial charge in [-0.1, -0.05) is 251 Å². The Kier molecular flexibility index (Phi) is 42.3. The molecule has 0 aromatic carbocycles. The molecule has 0 aromatic rings. The minimum atomic E-state index is -0.652. The molecule has 0 aliphatic rings. The van der Waals surface area contributed by atoms with Gasteiger partial charge >= 0.3 is 0 Å². The van der Waals surface area contributed by atoms with Crippen LogP contribution in [0.2, 0.25) is 0 Å². The molecule has 4 heteroatoms. The smallest absolute Gasteiger partial charge is 0.220 e. The van der Waals surface area contributed by atoms with E-state index in [0.29, 0.717) is 12.8 Å². The lowest BCUT2D eigenvalue weighted by Gasteiger charge is -2.22. The first kappa shape index (κ1) is 49.4. The molecule has 0 bridgehead atoms. The summed E-state index contributed by atoms with van der Waals surface area (Å²) in [6.07, 6.45) is 52.2. The molecule has 0 saturated carbocycles. The van der Waals surface area contributed by atoms with E-state index in [2.05, 4.69) is 19.2 Å². The van der Waals surface area contributed by atoms with Gasteiger partial charge in [0.15, 0.2) is 0 Å². The predicted molar refractivity (Wildman–Crippen MR) is 221 cm³/mol. The molecule has 0 saturated heterocycles. The van der Waals surface area contributed by atoms with Gasteiger partial charge < -0.3 is 15.5 Å². The van der Waals surface area contributed by atoms with E-state index in [1.165, 1.54) is 218 Å². The molecule has 0 heterocycles. The molecule has 0 aromatic heterocycles. The number of hydrogen-bond acceptors (Lipinski definition) is 3. The van der Waals surface area contributed by atoms with Gasteiger partial charge in [0.1, 0.15) is 0 Å². The highest BCUT2D eigenvalue weighted by atomic mass is 16.3. The highest BCUT2D eigenvalue weighted by molar-refractivity contribution is 5.76. The second-order valence-corrected chi connectivity index (χ2v) is 16.2. The number of aliphatic hydroxyl groups excluding tert-OH is 2. The van der Waals surface area contributed by atoms with Crippen molar-refractivity contribution in [1.82, 2.24) is 5.32 Å². The minimum Gasteiger partial charge on any atom is -0.394 e. The Labute approximate surface area is 314 Å². The van der Waals surface area contributed by atoms with Crippen molar-refractivity contribution in [3.63, 3.8) is 0 Å². The fourth-order valence-electron chi connectivity index (χ4n) is 7.54. The second kappa shape index (κ2) is 42.8. The van der Waals surface area contributed by atoms with E-state index < -0.39 is 12.1 Å². The third kappa shape index (κ3) is 38.6. The van der Waals surface area contributed by atoms with E-state index in [4.69, 9.17) is 0 Å². The number of aliphatic hydroxyl groups is 2. The van der Waals surface area contributed by atoms with Crippen molar-refractivity contribution in [3.8, 4) is 0 Å². The molecule has 2 unspecified atom stereocenters. The highest BCUT2D eigenvalue weighted by Gasteiger charge is 2.20. The first-order chi connectivity index (χ1) is 24.7. The summed E-state index contributed by atoms with van der Waals surface area (Å²) in [5, 5.41) is 23.1. The van der Waals surface area contributed by atoms with Crippen LogP contribution in [-0.2, 0) is 4.79 Å². The van der Waals surface area contributed by atoms with Crippen LogP contribution >= 0.6 is 0 Å². The number of carbonyl (C=O) groups excluding carboxylic acids is 1. The average Bonchev–Trinajstić information content (AvgIpc) is 3.12. The second-order valence-electron chi connectivity index (χ2n) is 16.2. The van der Waals surface area contributed by atoms with E-state index in [0.717, 1.165) is 25.7 Å². The zero-order valence-electron chi connectivity index (χ0n) is 34.4. The van der Waals surface area contributed by atoms with Gasteiger partial charge in [0, 0.05) is 6.42 Å². The lowest BCUT2D eigenvalue weighted by atomic mass is 10.0. The molecule has 0 aliphatic carbocycles. The van der Waals surface area contributed by atoms with Crippen molar-refractivity contribution in [2.24, 2.45) is 0 Å². The van der Waals surface area contributed by atoms with Crippen LogP contribution in [0.4, 0.5) is 0 Å². The van der Waals surface area contributed by atoms with Crippen LogP contribution in [0.15, 0.2) is 0 Å². The number of rotatable bonds is 43. The van der Waals surface area contributed by atoms with Gasteiger partial charge in [-0.15, -0.1) is 0 Å². The number of amides is 1. The van der Waals surface area contributed by atoms with Gasteiger partial charge in [-0.3, -0.25) is 4.79 Å². The Morgan fingerprint density at radius 2 is 0.640 bits per heavy atom. The van der Waals surface area contributed by atoms with Crippen molar-refractivity contribution in [1.29, 1.82) is 0 Å². The van der Waals surface area contributed by atoms with Gasteiger partial charge in [-0.25, -0.2) is 0 Å². The monoisotopic (exact) mass is 708 g/mol. The first-order valence-corrected chi connectivity index (χ1v) is 23.2. The summed E-state index contributed by atoms with van der Waals surface area (Å²) in [5.41, 5.74) is 0. The SMILES string of the molecule is CCCCCCCCCCCCCCCCCCCCCCCCCCCCCCCCC(O)C(CO)NC(=O)CCCCCCCCCC. The van der Waals surface area contributed by atoms with E-state index in [9.17, 15) is 15.0 Å². The summed E-state index contributed by atoms with van der Waals surface area (Å²) in [4.78, 5) is 12.3. The zero-order chi connectivity index (χ0) is 36.4. The van der Waals surface area contributed by atoms with E-state index in [-0.39, 0.29) is 12.5 Å². The molecule has 0 spiro atoms. The highest BCUT2D eigenvalue weighted by Crippen LogP contribution is 2.17. The van der Waals surface area contributed by atoms with Gasteiger partial charge in [0.05, 0.1) is 18.8 Å². The molecule has 2 atom stereocenters. The van der Waals surface area contributed by atoms with E-state index >= 15 is 0 Å². The summed E-state index contributed by atoms with van der Waals surface area (Å²) >= 11 is 0. The number of carbonyl (C=O) groups is 1. The molecular formula is C46H93NO3. The Morgan fingerprint density at radius 1 is 0.400 bits per heavy atom. The molecule has 300 valence electrons. The summed E-state index contributed by atoms with van der Waals surface area (Å²) in [6, 6.07) is -0.528. The third-order valence-electron chi connectivity index (χ3n) is 11.1. The normalized spacial score (nSPS) is 12.8. The summed E-state index contributed by atoms with van der Waals surface area (Å²) < 4.78 is 0. The minimum absolute atomic E-state index is 0.0326. The fraction of sp³-hybridized carbons (Fsp3) is 0.978. The maximum Gasteiger partial charge on any atom is 0.220 e. The summed E-state index contributed by atoms with van der Waals surface area (Å²) in [5.74, 6) is -0.0326. The van der Waals surface area contributed by atoms with Crippen molar-refractivity contribution < 1.29 is 15.0 Å². The van der Waals surface area contributed by atoms with Gasteiger partial charge in [-0.05, 0) is 12.8 Å². The van der Waals surface area contributed by atoms with E-state index in [1.54, 1.807) is 0 Å². The summed E-state index contributed by atoms with van der Waals surface area (Å²) in [6.45, 7) is 4.35. The topological polar surface area (TPSA) is 69.6 Å². The van der Waals surface area contributed by atoms with Crippen LogP contribution < -0.4 is 5.32 Å². The predicted octanol–water partition coefficient (Wildman–Crippen LogP) is 14.5. The van der Waals surface area contributed by atoms with Crippen LogP contribution in [0.1, 0.15) is 271 Å². The van der Waals surface area contributed by atoms with Crippen molar-refractivity contribution in [2.75, 3.05) is 6.61 Å². The van der Waals surface area contributed by atoms with Crippen LogP contribution in [-0.4, -0.2) is 34.9 Å².